The zero-order chi connectivity index (χ0) is 13.7. The molecule has 0 fully saturated rings. The second-order valence-electron chi connectivity index (χ2n) is 4.31. The molecule has 2 heterocycles. The van der Waals surface area contributed by atoms with E-state index in [-0.39, 0.29) is 5.91 Å². The molecule has 19 heavy (non-hydrogen) atoms. The van der Waals surface area contributed by atoms with E-state index >= 15 is 0 Å². The molecule has 5 nitrogen and oxygen atoms in total. The highest BCUT2D eigenvalue weighted by Crippen LogP contribution is 2.06. The van der Waals surface area contributed by atoms with Crippen LogP contribution in [0, 0.1) is 0 Å². The summed E-state index contributed by atoms with van der Waals surface area (Å²) in [5, 5.41) is 0. The number of amides is 1. The van der Waals surface area contributed by atoms with Gasteiger partial charge in [0.15, 0.2) is 0 Å². The van der Waals surface area contributed by atoms with E-state index in [9.17, 15) is 4.79 Å². The van der Waals surface area contributed by atoms with Crippen LogP contribution in [0.1, 0.15) is 16.1 Å². The van der Waals surface area contributed by atoms with Crippen LogP contribution in [0.4, 0.5) is 5.69 Å². The number of nitrogen functional groups attached to an aromatic ring is 1. The van der Waals surface area contributed by atoms with Gasteiger partial charge in [-0.2, -0.15) is 0 Å². The number of nitrogens with two attached hydrogens (primary N) is 1. The summed E-state index contributed by atoms with van der Waals surface area (Å²) in [6.07, 6.45) is 5.82. The van der Waals surface area contributed by atoms with Crippen molar-refractivity contribution in [3.63, 3.8) is 0 Å². The number of likely N-dealkylation sites (N-methyl/N-ethyl adjacent to an activating group) is 1. The maximum absolute atomic E-state index is 12.1. The van der Waals surface area contributed by atoms with Crippen molar-refractivity contribution in [1.82, 2.24) is 14.9 Å². The summed E-state index contributed by atoms with van der Waals surface area (Å²) in [7, 11) is 1.76. The number of hydrogen-bond acceptors (Lipinski definition) is 4. The van der Waals surface area contributed by atoms with Crippen molar-refractivity contribution < 1.29 is 4.79 Å². The first-order valence-electron chi connectivity index (χ1n) is 6.02. The molecule has 0 aliphatic rings. The van der Waals surface area contributed by atoms with Crippen LogP contribution in [0.3, 0.4) is 0 Å². The lowest BCUT2D eigenvalue weighted by molar-refractivity contribution is 0.0791. The fourth-order valence-corrected chi connectivity index (χ4v) is 1.71. The van der Waals surface area contributed by atoms with E-state index < -0.39 is 0 Å². The van der Waals surface area contributed by atoms with E-state index in [1.807, 2.05) is 12.1 Å². The third-order valence-electron chi connectivity index (χ3n) is 2.84. The normalized spacial score (nSPS) is 10.2. The number of carbonyl (C=O) groups is 1. The fourth-order valence-electron chi connectivity index (χ4n) is 1.71. The number of rotatable bonds is 4. The van der Waals surface area contributed by atoms with E-state index in [2.05, 4.69) is 9.97 Å². The Bertz CT molecular complexity index is 556. The quantitative estimate of drug-likeness (QED) is 0.896. The number of aromatic nitrogens is 2. The van der Waals surface area contributed by atoms with Gasteiger partial charge in [-0.25, -0.2) is 0 Å². The lowest BCUT2D eigenvalue weighted by Gasteiger charge is -2.16. The third kappa shape index (κ3) is 3.51. The van der Waals surface area contributed by atoms with Gasteiger partial charge in [-0.15, -0.1) is 0 Å². The molecule has 0 saturated heterocycles. The van der Waals surface area contributed by atoms with Gasteiger partial charge in [-0.05, 0) is 36.2 Å². The minimum atomic E-state index is -0.124. The third-order valence-corrected chi connectivity index (χ3v) is 2.84. The number of anilines is 1. The highest BCUT2D eigenvalue weighted by atomic mass is 16.2. The Morgan fingerprint density at radius 2 is 2.00 bits per heavy atom. The molecule has 0 saturated carbocycles. The Labute approximate surface area is 112 Å². The van der Waals surface area contributed by atoms with Gasteiger partial charge in [0.05, 0.1) is 0 Å². The molecule has 98 valence electrons. The zero-order valence-electron chi connectivity index (χ0n) is 10.8. The summed E-state index contributed by atoms with van der Waals surface area (Å²) in [5.41, 5.74) is 7.71. The molecule has 0 atom stereocenters. The Morgan fingerprint density at radius 1 is 1.26 bits per heavy atom. The van der Waals surface area contributed by atoms with Crippen molar-refractivity contribution in [2.45, 2.75) is 6.42 Å². The van der Waals surface area contributed by atoms with E-state index in [1.165, 1.54) is 0 Å². The molecular formula is C14H16N4O. The lowest BCUT2D eigenvalue weighted by atomic mass is 10.2. The van der Waals surface area contributed by atoms with Crippen molar-refractivity contribution in [1.29, 1.82) is 0 Å². The van der Waals surface area contributed by atoms with E-state index in [1.54, 1.807) is 42.7 Å². The Morgan fingerprint density at radius 3 is 2.68 bits per heavy atom. The van der Waals surface area contributed by atoms with E-state index in [4.69, 9.17) is 5.73 Å². The fraction of sp³-hybridized carbons (Fsp3) is 0.214. The van der Waals surface area contributed by atoms with Gasteiger partial charge < -0.3 is 10.6 Å². The average Bonchev–Trinajstić information content (AvgIpc) is 2.45. The molecule has 2 aromatic rings. The van der Waals surface area contributed by atoms with Crippen molar-refractivity contribution >= 4 is 11.6 Å². The van der Waals surface area contributed by atoms with Crippen LogP contribution in [0.25, 0.3) is 0 Å². The SMILES string of the molecule is CN(CCc1ccncc1)C(=O)c1cc(N)ccn1. The first kappa shape index (κ1) is 13.0. The molecule has 2 aromatic heterocycles. The standard InChI is InChI=1S/C14H16N4O/c1-18(9-5-11-2-6-16-7-3-11)14(19)13-10-12(15)4-8-17-13/h2-4,6-8,10H,5,9H2,1H3,(H2,15,17). The second-order valence-corrected chi connectivity index (χ2v) is 4.31. The molecule has 0 aliphatic heterocycles. The smallest absolute Gasteiger partial charge is 0.272 e. The number of carbonyl (C=O) groups excluding carboxylic acids is 1. The summed E-state index contributed by atoms with van der Waals surface area (Å²) < 4.78 is 0. The molecule has 2 rings (SSSR count). The Balaban J connectivity index is 1.96. The number of nitrogens with zero attached hydrogens (tertiary/aromatic N) is 3. The van der Waals surface area contributed by atoms with Gasteiger partial charge in [0, 0.05) is 37.9 Å². The van der Waals surface area contributed by atoms with Crippen LogP contribution >= 0.6 is 0 Å². The van der Waals surface area contributed by atoms with Gasteiger partial charge in [0.2, 0.25) is 0 Å². The number of pyridine rings is 2. The molecule has 1 amide bonds. The van der Waals surface area contributed by atoms with Gasteiger partial charge in [0.1, 0.15) is 5.69 Å². The molecule has 0 radical (unpaired) electrons. The largest absolute Gasteiger partial charge is 0.399 e. The van der Waals surface area contributed by atoms with Gasteiger partial charge >= 0.3 is 0 Å². The van der Waals surface area contributed by atoms with Crippen molar-refractivity contribution in [2.24, 2.45) is 0 Å². The molecule has 0 aliphatic carbocycles. The van der Waals surface area contributed by atoms with Crippen molar-refractivity contribution in [2.75, 3.05) is 19.3 Å². The van der Waals surface area contributed by atoms with Crippen molar-refractivity contribution in [3.05, 3.63) is 54.1 Å². The summed E-state index contributed by atoms with van der Waals surface area (Å²) >= 11 is 0. The van der Waals surface area contributed by atoms with Crippen LogP contribution < -0.4 is 5.73 Å². The average molecular weight is 256 g/mol. The van der Waals surface area contributed by atoms with Crippen LogP contribution in [0.15, 0.2) is 42.9 Å². The molecule has 0 spiro atoms. The van der Waals surface area contributed by atoms with Crippen LogP contribution in [-0.4, -0.2) is 34.4 Å². The number of hydrogen-bond donors (Lipinski definition) is 1. The van der Waals surface area contributed by atoms with Crippen LogP contribution in [0.5, 0.6) is 0 Å². The molecule has 0 unspecified atom stereocenters. The highest BCUT2D eigenvalue weighted by molar-refractivity contribution is 5.92. The van der Waals surface area contributed by atoms with Crippen molar-refractivity contribution in [3.8, 4) is 0 Å². The van der Waals surface area contributed by atoms with Crippen LogP contribution in [0.2, 0.25) is 0 Å². The summed E-state index contributed by atoms with van der Waals surface area (Å²) in [6, 6.07) is 7.13. The predicted octanol–water partition coefficient (Wildman–Crippen LogP) is 1.37. The van der Waals surface area contributed by atoms with E-state index in [0.717, 1.165) is 12.0 Å². The Hall–Kier alpha value is -2.43. The summed E-state index contributed by atoms with van der Waals surface area (Å²) in [6.45, 7) is 0.624. The molecule has 0 aromatic carbocycles. The maximum Gasteiger partial charge on any atom is 0.272 e. The summed E-state index contributed by atoms with van der Waals surface area (Å²) in [4.78, 5) is 21.7. The topological polar surface area (TPSA) is 72.1 Å². The molecule has 0 bridgehead atoms. The van der Waals surface area contributed by atoms with Gasteiger partial charge in [-0.3, -0.25) is 14.8 Å². The lowest BCUT2D eigenvalue weighted by Crippen LogP contribution is -2.29. The van der Waals surface area contributed by atoms with E-state index in [0.29, 0.717) is 17.9 Å². The highest BCUT2D eigenvalue weighted by Gasteiger charge is 2.12. The van der Waals surface area contributed by atoms with Crippen LogP contribution in [-0.2, 0) is 6.42 Å². The van der Waals surface area contributed by atoms with Gasteiger partial charge in [0.25, 0.3) is 5.91 Å². The second kappa shape index (κ2) is 5.95. The summed E-state index contributed by atoms with van der Waals surface area (Å²) in [5.74, 6) is -0.124. The first-order chi connectivity index (χ1) is 9.16. The monoisotopic (exact) mass is 256 g/mol. The predicted molar refractivity (Wildman–Crippen MR) is 73.6 cm³/mol. The zero-order valence-corrected chi connectivity index (χ0v) is 10.8. The minimum absolute atomic E-state index is 0.124. The minimum Gasteiger partial charge on any atom is -0.399 e. The molecule has 2 N–H and O–H groups in total. The Kier molecular flexibility index (Phi) is 4.07. The first-order valence-corrected chi connectivity index (χ1v) is 6.02. The molecule has 5 heteroatoms. The van der Waals surface area contributed by atoms with Gasteiger partial charge in [-0.1, -0.05) is 0 Å². The maximum atomic E-state index is 12.1. The molecular weight excluding hydrogens is 240 g/mol.